The summed E-state index contributed by atoms with van der Waals surface area (Å²) in [6, 6.07) is 12.3. The van der Waals surface area contributed by atoms with Crippen LogP contribution in [0.25, 0.3) is 0 Å². The van der Waals surface area contributed by atoms with Crippen molar-refractivity contribution in [2.45, 2.75) is 12.5 Å². The van der Waals surface area contributed by atoms with Crippen molar-refractivity contribution in [3.8, 4) is 11.5 Å². The van der Waals surface area contributed by atoms with Gasteiger partial charge in [-0.25, -0.2) is 4.39 Å². The number of benzene rings is 2. The average Bonchev–Trinajstić information content (AvgIpc) is 3.01. The molecule has 0 unspecified atom stereocenters. The fourth-order valence-electron chi connectivity index (χ4n) is 2.78. The van der Waals surface area contributed by atoms with E-state index >= 15 is 0 Å². The van der Waals surface area contributed by atoms with Gasteiger partial charge in [-0.15, -0.1) is 0 Å². The average molecular weight is 358 g/mol. The predicted octanol–water partition coefficient (Wildman–Crippen LogP) is 2.13. The lowest BCUT2D eigenvalue weighted by molar-refractivity contribution is -0.123. The largest absolute Gasteiger partial charge is 0.497 e. The van der Waals surface area contributed by atoms with Gasteiger partial charge in [0.15, 0.2) is 6.61 Å². The Morgan fingerprint density at radius 3 is 2.73 bits per heavy atom. The molecule has 2 aromatic rings. The highest BCUT2D eigenvalue weighted by Crippen LogP contribution is 2.25. The third-order valence-corrected chi connectivity index (χ3v) is 4.04. The lowest BCUT2D eigenvalue weighted by atomic mass is 10.2. The van der Waals surface area contributed by atoms with Gasteiger partial charge >= 0.3 is 0 Å². The quantitative estimate of drug-likeness (QED) is 0.859. The molecule has 26 heavy (non-hydrogen) atoms. The van der Waals surface area contributed by atoms with Gasteiger partial charge in [-0.1, -0.05) is 6.07 Å². The number of rotatable bonds is 6. The molecule has 0 saturated carbocycles. The maximum absolute atomic E-state index is 12.8. The number of hydrogen-bond acceptors (Lipinski definition) is 4. The van der Waals surface area contributed by atoms with E-state index in [-0.39, 0.29) is 36.7 Å². The van der Waals surface area contributed by atoms with Crippen LogP contribution in [0, 0.1) is 5.82 Å². The van der Waals surface area contributed by atoms with Gasteiger partial charge in [-0.3, -0.25) is 9.59 Å². The fourth-order valence-corrected chi connectivity index (χ4v) is 2.78. The number of anilines is 1. The Hall–Kier alpha value is -3.09. The second kappa shape index (κ2) is 7.86. The Balaban J connectivity index is 1.53. The summed E-state index contributed by atoms with van der Waals surface area (Å²) in [6.07, 6.45) is 0.222. The molecular formula is C19H19FN2O4. The van der Waals surface area contributed by atoms with Gasteiger partial charge in [0.1, 0.15) is 17.3 Å². The zero-order valence-electron chi connectivity index (χ0n) is 14.3. The normalized spacial score (nSPS) is 16.5. The molecule has 7 heteroatoms. The topological polar surface area (TPSA) is 67.9 Å². The van der Waals surface area contributed by atoms with Crippen LogP contribution in [0.15, 0.2) is 48.5 Å². The second-order valence-corrected chi connectivity index (χ2v) is 5.92. The summed E-state index contributed by atoms with van der Waals surface area (Å²) < 4.78 is 23.3. The number of carbonyl (C=O) groups is 2. The van der Waals surface area contributed by atoms with Crippen LogP contribution in [-0.4, -0.2) is 38.1 Å². The monoisotopic (exact) mass is 358 g/mol. The molecule has 1 heterocycles. The van der Waals surface area contributed by atoms with Crippen LogP contribution >= 0.6 is 0 Å². The smallest absolute Gasteiger partial charge is 0.258 e. The van der Waals surface area contributed by atoms with Crippen molar-refractivity contribution in [3.63, 3.8) is 0 Å². The summed E-state index contributed by atoms with van der Waals surface area (Å²) >= 11 is 0. The number of carbonyl (C=O) groups excluding carboxylic acids is 2. The minimum atomic E-state index is -0.371. The molecule has 0 aliphatic carbocycles. The van der Waals surface area contributed by atoms with Gasteiger partial charge in [0.25, 0.3) is 5.91 Å². The molecule has 0 bridgehead atoms. The summed E-state index contributed by atoms with van der Waals surface area (Å²) in [4.78, 5) is 25.9. The van der Waals surface area contributed by atoms with E-state index in [4.69, 9.17) is 9.47 Å². The van der Waals surface area contributed by atoms with Crippen molar-refractivity contribution in [3.05, 3.63) is 54.3 Å². The van der Waals surface area contributed by atoms with Crippen LogP contribution in [0.5, 0.6) is 11.5 Å². The van der Waals surface area contributed by atoms with E-state index in [0.717, 1.165) is 5.69 Å². The van der Waals surface area contributed by atoms with Gasteiger partial charge in [-0.05, 0) is 36.4 Å². The lowest BCUT2D eigenvalue weighted by Gasteiger charge is -2.18. The number of hydrogen-bond donors (Lipinski definition) is 1. The van der Waals surface area contributed by atoms with Crippen molar-refractivity contribution < 1.29 is 23.5 Å². The number of methoxy groups -OCH3 is 1. The summed E-state index contributed by atoms with van der Waals surface area (Å²) in [7, 11) is 1.56. The minimum Gasteiger partial charge on any atom is -0.497 e. The van der Waals surface area contributed by atoms with Gasteiger partial charge in [-0.2, -0.15) is 0 Å². The van der Waals surface area contributed by atoms with Crippen molar-refractivity contribution in [1.82, 2.24) is 5.32 Å². The first-order valence-electron chi connectivity index (χ1n) is 8.17. The maximum atomic E-state index is 12.8. The Morgan fingerprint density at radius 2 is 2.00 bits per heavy atom. The molecule has 3 rings (SSSR count). The Kier molecular flexibility index (Phi) is 5.36. The number of amides is 2. The van der Waals surface area contributed by atoms with Gasteiger partial charge < -0.3 is 19.7 Å². The van der Waals surface area contributed by atoms with Crippen LogP contribution in [0.2, 0.25) is 0 Å². The molecule has 2 aromatic carbocycles. The molecule has 1 atom stereocenters. The number of halogens is 1. The first-order chi connectivity index (χ1) is 12.5. The molecule has 1 N–H and O–H groups in total. The third kappa shape index (κ3) is 4.30. The Labute approximate surface area is 150 Å². The summed E-state index contributed by atoms with van der Waals surface area (Å²) in [5.74, 6) is 0.295. The van der Waals surface area contributed by atoms with Gasteiger partial charge in [0.2, 0.25) is 5.91 Å². The van der Waals surface area contributed by atoms with E-state index in [1.54, 1.807) is 24.1 Å². The SMILES string of the molecule is COc1cccc(N2C[C@@H](NC(=O)COc3ccc(F)cc3)CC2=O)c1. The molecule has 1 aliphatic rings. The highest BCUT2D eigenvalue weighted by atomic mass is 19.1. The maximum Gasteiger partial charge on any atom is 0.258 e. The zero-order chi connectivity index (χ0) is 18.5. The van der Waals surface area contributed by atoms with E-state index in [9.17, 15) is 14.0 Å². The van der Waals surface area contributed by atoms with Crippen molar-refractivity contribution in [2.24, 2.45) is 0 Å². The lowest BCUT2D eigenvalue weighted by Crippen LogP contribution is -2.39. The van der Waals surface area contributed by atoms with Gasteiger partial charge in [0, 0.05) is 24.7 Å². The molecule has 1 aliphatic heterocycles. The first-order valence-corrected chi connectivity index (χ1v) is 8.17. The highest BCUT2D eigenvalue weighted by Gasteiger charge is 2.31. The van der Waals surface area contributed by atoms with E-state index in [1.807, 2.05) is 12.1 Å². The van der Waals surface area contributed by atoms with Crippen molar-refractivity contribution in [1.29, 1.82) is 0 Å². The van der Waals surface area contributed by atoms with Crippen LogP contribution in [0.3, 0.4) is 0 Å². The Bertz CT molecular complexity index is 794. The molecule has 0 aromatic heterocycles. The summed E-state index contributed by atoms with van der Waals surface area (Å²) in [5, 5.41) is 2.79. The Morgan fingerprint density at radius 1 is 1.23 bits per heavy atom. The highest BCUT2D eigenvalue weighted by molar-refractivity contribution is 5.97. The first kappa shape index (κ1) is 17.7. The van der Waals surface area contributed by atoms with Crippen molar-refractivity contribution >= 4 is 17.5 Å². The van der Waals surface area contributed by atoms with Crippen LogP contribution in [0.4, 0.5) is 10.1 Å². The minimum absolute atomic E-state index is 0.0667. The standard InChI is InChI=1S/C19H19FN2O4/c1-25-17-4-2-3-15(10-17)22-11-14(9-19(22)24)21-18(23)12-26-16-7-5-13(20)6-8-16/h2-8,10,14H,9,11-12H2,1H3,(H,21,23)/t14-/m0/s1. The third-order valence-electron chi connectivity index (χ3n) is 4.04. The summed E-state index contributed by atoms with van der Waals surface area (Å²) in [5.41, 5.74) is 0.730. The molecule has 0 spiro atoms. The number of nitrogens with one attached hydrogen (secondary N) is 1. The van der Waals surface area contributed by atoms with Gasteiger partial charge in [0.05, 0.1) is 13.2 Å². The van der Waals surface area contributed by atoms with Crippen LogP contribution in [-0.2, 0) is 9.59 Å². The molecule has 2 amide bonds. The van der Waals surface area contributed by atoms with Crippen LogP contribution < -0.4 is 19.7 Å². The van der Waals surface area contributed by atoms with E-state index in [1.165, 1.54) is 24.3 Å². The molecule has 1 saturated heterocycles. The number of nitrogens with zero attached hydrogens (tertiary/aromatic N) is 1. The number of ether oxygens (including phenoxy) is 2. The zero-order valence-corrected chi connectivity index (χ0v) is 14.3. The van der Waals surface area contributed by atoms with E-state index < -0.39 is 0 Å². The summed E-state index contributed by atoms with van der Waals surface area (Å²) in [6.45, 7) is 0.184. The predicted molar refractivity (Wildman–Crippen MR) is 93.8 cm³/mol. The second-order valence-electron chi connectivity index (χ2n) is 5.92. The molecule has 1 fully saturated rings. The van der Waals surface area contributed by atoms with Crippen molar-refractivity contribution in [2.75, 3.05) is 25.2 Å². The van der Waals surface area contributed by atoms with E-state index in [0.29, 0.717) is 18.0 Å². The molecule has 6 nitrogen and oxygen atoms in total. The molecular weight excluding hydrogens is 339 g/mol. The van der Waals surface area contributed by atoms with Crippen LogP contribution in [0.1, 0.15) is 6.42 Å². The molecule has 136 valence electrons. The van der Waals surface area contributed by atoms with E-state index in [2.05, 4.69) is 5.32 Å². The molecule has 0 radical (unpaired) electrons. The fraction of sp³-hybridized carbons (Fsp3) is 0.263.